The number of aliphatic hydroxyl groups excluding tert-OH is 1. The molecule has 1 aromatic carbocycles. The largest absolute Gasteiger partial charge is 0.508 e. The number of oxime groups is 1. The van der Waals surface area contributed by atoms with Gasteiger partial charge in [-0.25, -0.2) is 0 Å². The van der Waals surface area contributed by atoms with E-state index in [1.807, 2.05) is 27.7 Å². The number of benzene rings is 1. The second-order valence-electron chi connectivity index (χ2n) is 5.80. The average molecular weight is 280 g/mol. The van der Waals surface area contributed by atoms with Gasteiger partial charge in [0.05, 0.1) is 5.71 Å². The van der Waals surface area contributed by atoms with Gasteiger partial charge in [0.1, 0.15) is 18.5 Å². The van der Waals surface area contributed by atoms with Gasteiger partial charge in [-0.15, -0.1) is 0 Å². The number of aliphatic hydroxyl groups is 1. The molecule has 0 saturated heterocycles. The average Bonchev–Trinajstić information content (AvgIpc) is 2.36. The standard InChI is InChI=1S/C15H24N2O3/c1-11(12-5-7-13(18)8-6-12)17-20-10-14(19)9-16-15(2,3)4/h5-8,14,16,18-19H,9-10H2,1-4H3/b17-11+. The highest BCUT2D eigenvalue weighted by molar-refractivity contribution is 5.98. The predicted octanol–water partition coefficient (Wildman–Crippen LogP) is 1.88. The Bertz CT molecular complexity index is 435. The highest BCUT2D eigenvalue weighted by Gasteiger charge is 2.12. The van der Waals surface area contributed by atoms with E-state index in [1.54, 1.807) is 24.3 Å². The van der Waals surface area contributed by atoms with Gasteiger partial charge >= 0.3 is 0 Å². The Kier molecular flexibility index (Phi) is 5.98. The molecule has 1 aromatic rings. The minimum absolute atomic E-state index is 0.0355. The normalized spacial score (nSPS) is 14.2. The van der Waals surface area contributed by atoms with Crippen LogP contribution in [0.2, 0.25) is 0 Å². The number of nitrogens with one attached hydrogen (secondary N) is 1. The Balaban J connectivity index is 2.38. The SMILES string of the molecule is C/C(=N\OCC(O)CNC(C)(C)C)c1ccc(O)cc1. The first kappa shape index (κ1) is 16.5. The summed E-state index contributed by atoms with van der Waals surface area (Å²) >= 11 is 0. The maximum Gasteiger partial charge on any atom is 0.144 e. The van der Waals surface area contributed by atoms with Crippen LogP contribution in [0.5, 0.6) is 5.75 Å². The van der Waals surface area contributed by atoms with Gasteiger partial charge in [0.15, 0.2) is 0 Å². The maximum absolute atomic E-state index is 9.74. The minimum Gasteiger partial charge on any atom is -0.508 e. The van der Waals surface area contributed by atoms with Crippen LogP contribution in [0.3, 0.4) is 0 Å². The summed E-state index contributed by atoms with van der Waals surface area (Å²) in [5.74, 6) is 0.214. The lowest BCUT2D eigenvalue weighted by molar-refractivity contribution is 0.0373. The Hall–Kier alpha value is -1.59. The van der Waals surface area contributed by atoms with Gasteiger partial charge in [-0.1, -0.05) is 5.16 Å². The van der Waals surface area contributed by atoms with Gasteiger partial charge in [-0.3, -0.25) is 0 Å². The summed E-state index contributed by atoms with van der Waals surface area (Å²) in [6.45, 7) is 8.51. The molecule has 1 atom stereocenters. The molecule has 1 unspecified atom stereocenters. The number of hydrogen-bond donors (Lipinski definition) is 3. The molecule has 0 spiro atoms. The minimum atomic E-state index is -0.606. The number of hydrogen-bond acceptors (Lipinski definition) is 5. The van der Waals surface area contributed by atoms with E-state index in [1.165, 1.54) is 0 Å². The van der Waals surface area contributed by atoms with Crippen LogP contribution in [0.4, 0.5) is 0 Å². The first-order valence-electron chi connectivity index (χ1n) is 6.67. The van der Waals surface area contributed by atoms with E-state index >= 15 is 0 Å². The molecule has 3 N–H and O–H groups in total. The third-order valence-electron chi connectivity index (χ3n) is 2.62. The zero-order chi connectivity index (χ0) is 15.2. The predicted molar refractivity (Wildman–Crippen MR) is 80.0 cm³/mol. The lowest BCUT2D eigenvalue weighted by Gasteiger charge is -2.22. The van der Waals surface area contributed by atoms with Crippen molar-refractivity contribution in [2.24, 2.45) is 5.16 Å². The van der Waals surface area contributed by atoms with Crippen molar-refractivity contribution in [3.63, 3.8) is 0 Å². The van der Waals surface area contributed by atoms with Gasteiger partial charge in [0, 0.05) is 12.1 Å². The van der Waals surface area contributed by atoms with Crippen LogP contribution in [-0.4, -0.2) is 40.7 Å². The summed E-state index contributed by atoms with van der Waals surface area (Å²) in [5, 5.41) is 26.1. The lowest BCUT2D eigenvalue weighted by Crippen LogP contribution is -2.42. The van der Waals surface area contributed by atoms with Crippen molar-refractivity contribution in [2.45, 2.75) is 39.3 Å². The molecule has 112 valence electrons. The molecule has 0 aliphatic rings. The van der Waals surface area contributed by atoms with Crippen LogP contribution < -0.4 is 5.32 Å². The fraction of sp³-hybridized carbons (Fsp3) is 0.533. The molecule has 0 fully saturated rings. The quantitative estimate of drug-likeness (QED) is 0.549. The van der Waals surface area contributed by atoms with Crippen molar-refractivity contribution < 1.29 is 15.1 Å². The van der Waals surface area contributed by atoms with Crippen LogP contribution in [0.15, 0.2) is 29.4 Å². The number of β-amino-alcohol motifs (C(OH)–C–C–N with tert-alkyl or cyclic N) is 1. The third-order valence-corrected chi connectivity index (χ3v) is 2.62. The topological polar surface area (TPSA) is 74.1 Å². The van der Waals surface area contributed by atoms with Crippen molar-refractivity contribution in [1.29, 1.82) is 0 Å². The highest BCUT2D eigenvalue weighted by atomic mass is 16.6. The zero-order valence-corrected chi connectivity index (χ0v) is 12.6. The van der Waals surface area contributed by atoms with Crippen molar-refractivity contribution in [2.75, 3.05) is 13.2 Å². The Labute approximate surface area is 120 Å². The van der Waals surface area contributed by atoms with Crippen LogP contribution in [-0.2, 0) is 4.84 Å². The van der Waals surface area contributed by atoms with E-state index in [9.17, 15) is 10.2 Å². The second-order valence-corrected chi connectivity index (χ2v) is 5.80. The van der Waals surface area contributed by atoms with Gasteiger partial charge < -0.3 is 20.4 Å². The van der Waals surface area contributed by atoms with Crippen LogP contribution in [0.25, 0.3) is 0 Å². The summed E-state index contributed by atoms with van der Waals surface area (Å²) in [6, 6.07) is 6.71. The first-order valence-corrected chi connectivity index (χ1v) is 6.67. The van der Waals surface area contributed by atoms with E-state index in [0.717, 1.165) is 5.56 Å². The number of nitrogens with zero attached hydrogens (tertiary/aromatic N) is 1. The molecule has 0 amide bonds. The van der Waals surface area contributed by atoms with Crippen LogP contribution in [0, 0.1) is 0 Å². The Morgan fingerprint density at radius 2 is 1.90 bits per heavy atom. The van der Waals surface area contributed by atoms with E-state index in [4.69, 9.17) is 4.84 Å². The molecule has 1 rings (SSSR count). The summed E-state index contributed by atoms with van der Waals surface area (Å²) in [7, 11) is 0. The van der Waals surface area contributed by atoms with Crippen molar-refractivity contribution in [3.8, 4) is 5.75 Å². The molecule has 0 aliphatic heterocycles. The van der Waals surface area contributed by atoms with E-state index in [2.05, 4.69) is 10.5 Å². The fourth-order valence-electron chi connectivity index (χ4n) is 1.46. The molecule has 20 heavy (non-hydrogen) atoms. The molecule has 0 heterocycles. The van der Waals surface area contributed by atoms with Gasteiger partial charge in [0.25, 0.3) is 0 Å². The molecule has 5 nitrogen and oxygen atoms in total. The molecule has 0 saturated carbocycles. The summed E-state index contributed by atoms with van der Waals surface area (Å²) < 4.78 is 0. The molecule has 5 heteroatoms. The lowest BCUT2D eigenvalue weighted by atomic mass is 10.1. The summed E-state index contributed by atoms with van der Waals surface area (Å²) in [4.78, 5) is 5.14. The van der Waals surface area contributed by atoms with Crippen LogP contribution in [0.1, 0.15) is 33.3 Å². The Morgan fingerprint density at radius 3 is 2.45 bits per heavy atom. The molecular formula is C15H24N2O3. The number of phenolic OH excluding ortho intramolecular Hbond substituents is 1. The van der Waals surface area contributed by atoms with E-state index < -0.39 is 6.10 Å². The van der Waals surface area contributed by atoms with Crippen molar-refractivity contribution in [1.82, 2.24) is 5.32 Å². The molecule has 0 bridgehead atoms. The number of aromatic hydroxyl groups is 1. The third kappa shape index (κ3) is 6.54. The van der Waals surface area contributed by atoms with E-state index in [0.29, 0.717) is 12.3 Å². The summed E-state index contributed by atoms with van der Waals surface area (Å²) in [5.41, 5.74) is 1.53. The Morgan fingerprint density at radius 1 is 1.30 bits per heavy atom. The van der Waals surface area contributed by atoms with Crippen molar-refractivity contribution >= 4 is 5.71 Å². The van der Waals surface area contributed by atoms with Crippen LogP contribution >= 0.6 is 0 Å². The fourth-order valence-corrected chi connectivity index (χ4v) is 1.46. The maximum atomic E-state index is 9.74. The smallest absolute Gasteiger partial charge is 0.144 e. The van der Waals surface area contributed by atoms with Gasteiger partial charge in [-0.2, -0.15) is 0 Å². The first-order chi connectivity index (χ1) is 9.28. The number of rotatable bonds is 6. The van der Waals surface area contributed by atoms with Crippen molar-refractivity contribution in [3.05, 3.63) is 29.8 Å². The zero-order valence-electron chi connectivity index (χ0n) is 12.6. The second kappa shape index (κ2) is 7.26. The molecular weight excluding hydrogens is 256 g/mol. The summed E-state index contributed by atoms with van der Waals surface area (Å²) in [6.07, 6.45) is -0.606. The van der Waals surface area contributed by atoms with Gasteiger partial charge in [0.2, 0.25) is 0 Å². The molecule has 0 aliphatic carbocycles. The van der Waals surface area contributed by atoms with E-state index in [-0.39, 0.29) is 17.9 Å². The van der Waals surface area contributed by atoms with Gasteiger partial charge in [-0.05, 0) is 57.5 Å². The molecule has 0 radical (unpaired) electrons. The monoisotopic (exact) mass is 280 g/mol. The molecule has 0 aromatic heterocycles. The highest BCUT2D eigenvalue weighted by Crippen LogP contribution is 2.10. The number of phenols is 1.